The Morgan fingerprint density at radius 3 is 2.28 bits per heavy atom. The van der Waals surface area contributed by atoms with Crippen LogP contribution in [0.2, 0.25) is 0 Å². The molecule has 2 heterocycles. The molecule has 276 valence electrons. The van der Waals surface area contributed by atoms with Crippen LogP contribution in [0.15, 0.2) is 35.2 Å². The van der Waals surface area contributed by atoms with Gasteiger partial charge in [0, 0.05) is 40.9 Å². The van der Waals surface area contributed by atoms with Crippen LogP contribution in [-0.2, 0) is 38.1 Å². The van der Waals surface area contributed by atoms with Gasteiger partial charge in [-0.05, 0) is 54.2 Å². The van der Waals surface area contributed by atoms with Crippen LogP contribution < -0.4 is 0 Å². The molecule has 0 amide bonds. The summed E-state index contributed by atoms with van der Waals surface area (Å²) in [5, 5.41) is 23.9. The van der Waals surface area contributed by atoms with Gasteiger partial charge in [-0.3, -0.25) is 9.59 Å². The van der Waals surface area contributed by atoms with Gasteiger partial charge in [-0.2, -0.15) is 0 Å². The lowest BCUT2D eigenvalue weighted by molar-refractivity contribution is -0.296. The molecule has 6 rings (SSSR count). The van der Waals surface area contributed by atoms with Crippen molar-refractivity contribution in [2.24, 2.45) is 45.3 Å². The Kier molecular flexibility index (Phi) is 8.84. The summed E-state index contributed by atoms with van der Waals surface area (Å²) in [6.07, 6.45) is 1.71. The molecule has 1 saturated heterocycles. The second kappa shape index (κ2) is 12.0. The van der Waals surface area contributed by atoms with E-state index in [-0.39, 0.29) is 30.1 Å². The Labute approximate surface area is 294 Å². The van der Waals surface area contributed by atoms with Crippen molar-refractivity contribution < 1.29 is 52.8 Å². The third kappa shape index (κ3) is 4.78. The smallest absolute Gasteiger partial charge is 0.348 e. The monoisotopic (exact) mass is 698 g/mol. The maximum Gasteiger partial charge on any atom is 0.348 e. The zero-order valence-corrected chi connectivity index (χ0v) is 30.9. The molecule has 14 atom stereocenters. The third-order valence-electron chi connectivity index (χ3n) is 14.0. The van der Waals surface area contributed by atoms with E-state index in [2.05, 4.69) is 0 Å². The van der Waals surface area contributed by atoms with E-state index in [4.69, 9.17) is 23.4 Å². The van der Waals surface area contributed by atoms with Crippen LogP contribution in [0.5, 0.6) is 0 Å². The standard InChI is InChI=1S/C39H54O11/c1-11-20(4)30(47-21(5)40)34(45)49-32-29(43)31-36(8)14-12-25(41)35(6,7)24(36)17-26(48-33(44)28(42)19(2)3)38(31,10)39-27(50-39)16-23(37(32,39)9)22-13-15-46-18-22/h12-15,18-20,23-24,26-32,42-43H,11,16-17H2,1-10H3/t20?,23-,24?,26+,27+,28?,29+,30?,31?,32-,36-,37+,38+,39+/m0/s1. The lowest BCUT2D eigenvalue weighted by Crippen LogP contribution is -2.77. The normalized spacial score (nSPS) is 42.7. The van der Waals surface area contributed by atoms with Crippen molar-refractivity contribution in [2.75, 3.05) is 0 Å². The van der Waals surface area contributed by atoms with Gasteiger partial charge in [-0.15, -0.1) is 0 Å². The van der Waals surface area contributed by atoms with E-state index in [1.165, 1.54) is 6.92 Å². The molecule has 5 unspecified atom stereocenters. The number of ketones is 1. The number of hydrogen-bond donors (Lipinski definition) is 2. The molecule has 3 saturated carbocycles. The van der Waals surface area contributed by atoms with Crippen LogP contribution in [0.3, 0.4) is 0 Å². The summed E-state index contributed by atoms with van der Waals surface area (Å²) in [7, 11) is 0. The Balaban J connectivity index is 1.56. The summed E-state index contributed by atoms with van der Waals surface area (Å²) in [6, 6.07) is 1.86. The molecular formula is C39H54O11. The second-order valence-corrected chi connectivity index (χ2v) is 17.2. The minimum atomic E-state index is -1.38. The fourth-order valence-electron chi connectivity index (χ4n) is 11.3. The molecule has 11 heteroatoms. The second-order valence-electron chi connectivity index (χ2n) is 17.2. The average molecular weight is 699 g/mol. The third-order valence-corrected chi connectivity index (χ3v) is 14.0. The predicted octanol–water partition coefficient (Wildman–Crippen LogP) is 4.92. The Morgan fingerprint density at radius 2 is 1.70 bits per heavy atom. The van der Waals surface area contributed by atoms with Crippen molar-refractivity contribution in [1.82, 2.24) is 0 Å². The van der Waals surface area contributed by atoms with Crippen molar-refractivity contribution >= 4 is 23.7 Å². The van der Waals surface area contributed by atoms with Crippen LogP contribution in [0.4, 0.5) is 0 Å². The molecule has 50 heavy (non-hydrogen) atoms. The number of fused-ring (bicyclic) bond motifs is 3. The van der Waals surface area contributed by atoms with Gasteiger partial charge >= 0.3 is 17.9 Å². The van der Waals surface area contributed by atoms with Crippen molar-refractivity contribution in [3.8, 4) is 0 Å². The van der Waals surface area contributed by atoms with E-state index in [0.717, 1.165) is 5.56 Å². The zero-order valence-electron chi connectivity index (χ0n) is 30.9. The predicted molar refractivity (Wildman–Crippen MR) is 179 cm³/mol. The van der Waals surface area contributed by atoms with Gasteiger partial charge < -0.3 is 33.6 Å². The van der Waals surface area contributed by atoms with E-state index in [9.17, 15) is 29.4 Å². The minimum Gasteiger partial charge on any atom is -0.472 e. The first-order chi connectivity index (χ1) is 23.2. The average Bonchev–Trinajstić information content (AvgIpc) is 3.40. The molecule has 1 aliphatic heterocycles. The van der Waals surface area contributed by atoms with E-state index in [0.29, 0.717) is 12.8 Å². The maximum atomic E-state index is 14.2. The van der Waals surface area contributed by atoms with Crippen LogP contribution in [0, 0.1) is 45.3 Å². The molecule has 4 aliphatic carbocycles. The lowest BCUT2D eigenvalue weighted by atomic mass is 9.35. The molecule has 0 bridgehead atoms. The number of epoxide rings is 1. The first-order valence-corrected chi connectivity index (χ1v) is 18.1. The van der Waals surface area contributed by atoms with Gasteiger partial charge in [0.05, 0.1) is 24.7 Å². The lowest BCUT2D eigenvalue weighted by Gasteiger charge is -2.70. The highest BCUT2D eigenvalue weighted by Crippen LogP contribution is 2.82. The van der Waals surface area contributed by atoms with Gasteiger partial charge in [-0.1, -0.05) is 68.4 Å². The first kappa shape index (κ1) is 36.8. The van der Waals surface area contributed by atoms with E-state index in [1.807, 2.05) is 53.7 Å². The number of carbonyl (C=O) groups is 4. The highest BCUT2D eigenvalue weighted by Gasteiger charge is 2.91. The zero-order chi connectivity index (χ0) is 36.9. The molecule has 11 nitrogen and oxygen atoms in total. The van der Waals surface area contributed by atoms with Crippen molar-refractivity contribution in [3.05, 3.63) is 36.3 Å². The topological polar surface area (TPSA) is 162 Å². The van der Waals surface area contributed by atoms with Gasteiger partial charge in [0.1, 0.15) is 17.8 Å². The van der Waals surface area contributed by atoms with Crippen molar-refractivity contribution in [2.45, 2.75) is 137 Å². The number of furan rings is 1. The van der Waals surface area contributed by atoms with Gasteiger partial charge in [0.2, 0.25) is 6.10 Å². The fourth-order valence-corrected chi connectivity index (χ4v) is 11.3. The number of carbonyl (C=O) groups excluding carboxylic acids is 4. The van der Waals surface area contributed by atoms with Gasteiger partial charge in [-0.25, -0.2) is 9.59 Å². The van der Waals surface area contributed by atoms with E-state index < -0.39 is 93.4 Å². The quantitative estimate of drug-likeness (QED) is 0.205. The summed E-state index contributed by atoms with van der Waals surface area (Å²) >= 11 is 0. The summed E-state index contributed by atoms with van der Waals surface area (Å²) in [5.41, 5.74) is -4.15. The van der Waals surface area contributed by atoms with Gasteiger partial charge in [0.15, 0.2) is 11.9 Å². The van der Waals surface area contributed by atoms with Crippen LogP contribution >= 0.6 is 0 Å². The molecule has 0 radical (unpaired) electrons. The first-order valence-electron chi connectivity index (χ1n) is 18.1. The van der Waals surface area contributed by atoms with Crippen LogP contribution in [0.25, 0.3) is 0 Å². The Bertz CT molecular complexity index is 1560. The van der Waals surface area contributed by atoms with E-state index in [1.54, 1.807) is 39.4 Å². The Hall–Kier alpha value is -3.02. The summed E-state index contributed by atoms with van der Waals surface area (Å²) in [6.45, 7) is 18.1. The number of rotatable bonds is 9. The molecule has 1 aromatic rings. The van der Waals surface area contributed by atoms with E-state index >= 15 is 0 Å². The maximum absolute atomic E-state index is 14.2. The highest BCUT2D eigenvalue weighted by atomic mass is 16.6. The molecule has 5 aliphatic rings. The number of aliphatic hydroxyl groups excluding tert-OH is 2. The SMILES string of the molecule is CCC(C)C(OC(C)=O)C(=O)O[C@H]1[C@H](O)C2[C@@]3(C)C=CC(=O)C(C)(C)C3C[C@@H](OC(=O)C(O)C(C)C)[C@@]2(C)[C@@]23O[C@@H]2C[C@@H](c2ccoc2)[C@]13C. The van der Waals surface area contributed by atoms with Crippen LogP contribution in [-0.4, -0.2) is 76.1 Å². The molecule has 2 N–H and O–H groups in total. The molecule has 4 fully saturated rings. The molecular weight excluding hydrogens is 644 g/mol. The number of aliphatic hydroxyl groups is 2. The largest absolute Gasteiger partial charge is 0.472 e. The van der Waals surface area contributed by atoms with Crippen molar-refractivity contribution in [1.29, 1.82) is 0 Å². The number of ether oxygens (including phenoxy) is 4. The number of hydrogen-bond acceptors (Lipinski definition) is 11. The van der Waals surface area contributed by atoms with Crippen LogP contribution in [0.1, 0.15) is 100.0 Å². The molecule has 0 aromatic carbocycles. The molecule has 1 aromatic heterocycles. The summed E-state index contributed by atoms with van der Waals surface area (Å²) in [5.74, 6) is -4.45. The van der Waals surface area contributed by atoms with Gasteiger partial charge in [0.25, 0.3) is 0 Å². The number of esters is 3. The van der Waals surface area contributed by atoms with Crippen molar-refractivity contribution in [3.63, 3.8) is 0 Å². The highest BCUT2D eigenvalue weighted by molar-refractivity contribution is 5.96. The molecule has 1 spiro atoms. The minimum absolute atomic E-state index is 0.0774. The fraction of sp³-hybridized carbons (Fsp3) is 0.744. The summed E-state index contributed by atoms with van der Waals surface area (Å²) in [4.78, 5) is 53.5. The Morgan fingerprint density at radius 1 is 1.02 bits per heavy atom. The number of allylic oxidation sites excluding steroid dienone is 2. The summed E-state index contributed by atoms with van der Waals surface area (Å²) < 4.78 is 30.8.